The number of nitrogens with zero attached hydrogens (tertiary/aromatic N) is 1. The van der Waals surface area contributed by atoms with Crippen molar-refractivity contribution in [2.24, 2.45) is 11.7 Å². The van der Waals surface area contributed by atoms with E-state index in [9.17, 15) is 4.79 Å². The molecule has 1 saturated heterocycles. The first-order valence-electron chi connectivity index (χ1n) is 7.05. The molecule has 4 nitrogen and oxygen atoms in total. The highest BCUT2D eigenvalue weighted by molar-refractivity contribution is 5.86. The van der Waals surface area contributed by atoms with Gasteiger partial charge in [-0.25, -0.2) is 0 Å². The normalized spacial score (nSPS) is 36.4. The zero-order valence-corrected chi connectivity index (χ0v) is 11.9. The Balaban J connectivity index is 2.06. The van der Waals surface area contributed by atoms with Crippen LogP contribution in [0.2, 0.25) is 0 Å². The van der Waals surface area contributed by atoms with Crippen LogP contribution in [0, 0.1) is 5.92 Å². The number of ether oxygens (including phenoxy) is 1. The van der Waals surface area contributed by atoms with Crippen molar-refractivity contribution in [3.63, 3.8) is 0 Å². The fraction of sp³-hybridized carbons (Fsp3) is 0.929. The van der Waals surface area contributed by atoms with E-state index < -0.39 is 5.54 Å². The quantitative estimate of drug-likeness (QED) is 0.772. The highest BCUT2D eigenvalue weighted by Crippen LogP contribution is 2.32. The molecular weight excluding hydrogens is 228 g/mol. The Hall–Kier alpha value is -0.610. The second-order valence-electron chi connectivity index (χ2n) is 6.69. The molecule has 2 fully saturated rings. The molecule has 0 spiro atoms. The van der Waals surface area contributed by atoms with Crippen LogP contribution < -0.4 is 5.73 Å². The number of hydrogen-bond donors (Lipinski definition) is 1. The Morgan fingerprint density at radius 3 is 2.78 bits per heavy atom. The predicted octanol–water partition coefficient (Wildman–Crippen LogP) is 1.53. The first kappa shape index (κ1) is 13.8. The molecule has 2 atom stereocenters. The van der Waals surface area contributed by atoms with Gasteiger partial charge in [0.1, 0.15) is 0 Å². The monoisotopic (exact) mass is 254 g/mol. The Morgan fingerprint density at radius 1 is 1.44 bits per heavy atom. The maximum absolute atomic E-state index is 12.7. The van der Waals surface area contributed by atoms with E-state index in [1.54, 1.807) is 0 Å². The number of rotatable bonds is 1. The molecule has 0 aromatic carbocycles. The maximum Gasteiger partial charge on any atom is 0.242 e. The molecule has 0 radical (unpaired) electrons. The van der Waals surface area contributed by atoms with Gasteiger partial charge >= 0.3 is 0 Å². The van der Waals surface area contributed by atoms with E-state index in [2.05, 4.69) is 6.92 Å². The molecule has 2 unspecified atom stereocenters. The topological polar surface area (TPSA) is 55.6 Å². The lowest BCUT2D eigenvalue weighted by molar-refractivity contribution is -0.153. The summed E-state index contributed by atoms with van der Waals surface area (Å²) in [5.74, 6) is 0.687. The van der Waals surface area contributed by atoms with Crippen LogP contribution in [0.1, 0.15) is 46.5 Å². The zero-order valence-electron chi connectivity index (χ0n) is 11.9. The Kier molecular flexibility index (Phi) is 3.70. The SMILES string of the molecule is CC1CCCC(N)(C(=O)N2CCOC(C)(C)C2)C1. The van der Waals surface area contributed by atoms with Gasteiger partial charge in [0.25, 0.3) is 0 Å². The molecule has 104 valence electrons. The lowest BCUT2D eigenvalue weighted by Gasteiger charge is -2.44. The number of nitrogens with two attached hydrogens (primary N) is 1. The van der Waals surface area contributed by atoms with Crippen LogP contribution in [0.5, 0.6) is 0 Å². The summed E-state index contributed by atoms with van der Waals surface area (Å²) >= 11 is 0. The van der Waals surface area contributed by atoms with Gasteiger partial charge < -0.3 is 15.4 Å². The van der Waals surface area contributed by atoms with Crippen molar-refractivity contribution < 1.29 is 9.53 Å². The zero-order chi connectivity index (χ0) is 13.4. The third-order valence-corrected chi connectivity index (χ3v) is 4.17. The molecule has 1 saturated carbocycles. The lowest BCUT2D eigenvalue weighted by Crippen LogP contribution is -2.61. The van der Waals surface area contributed by atoms with Crippen molar-refractivity contribution in [2.45, 2.75) is 57.6 Å². The molecule has 4 heteroatoms. The molecule has 2 N–H and O–H groups in total. The summed E-state index contributed by atoms with van der Waals surface area (Å²) in [7, 11) is 0. The molecule has 0 aromatic heterocycles. The van der Waals surface area contributed by atoms with Gasteiger partial charge in [0, 0.05) is 13.1 Å². The standard InChI is InChI=1S/C14H26N2O2/c1-11-5-4-6-14(15,9-11)12(17)16-7-8-18-13(2,3)10-16/h11H,4-10,15H2,1-3H3. The molecule has 0 bridgehead atoms. The highest BCUT2D eigenvalue weighted by atomic mass is 16.5. The molecule has 2 rings (SSSR count). The van der Waals surface area contributed by atoms with Gasteiger partial charge in [-0.05, 0) is 32.6 Å². The summed E-state index contributed by atoms with van der Waals surface area (Å²) in [5.41, 5.74) is 5.50. The molecular formula is C14H26N2O2. The van der Waals surface area contributed by atoms with Gasteiger partial charge in [-0.2, -0.15) is 0 Å². The Bertz CT molecular complexity index is 330. The van der Waals surface area contributed by atoms with Crippen LogP contribution in [-0.4, -0.2) is 41.6 Å². The Labute approximate surface area is 110 Å². The largest absolute Gasteiger partial charge is 0.372 e. The molecule has 1 heterocycles. The molecule has 18 heavy (non-hydrogen) atoms. The summed E-state index contributed by atoms with van der Waals surface area (Å²) in [6, 6.07) is 0. The fourth-order valence-electron chi connectivity index (χ4n) is 3.29. The lowest BCUT2D eigenvalue weighted by atomic mass is 9.76. The smallest absolute Gasteiger partial charge is 0.242 e. The number of morpholine rings is 1. The first-order valence-corrected chi connectivity index (χ1v) is 7.05. The van der Waals surface area contributed by atoms with Crippen molar-refractivity contribution in [3.05, 3.63) is 0 Å². The van der Waals surface area contributed by atoms with Crippen LogP contribution in [-0.2, 0) is 9.53 Å². The average molecular weight is 254 g/mol. The Morgan fingerprint density at radius 2 is 2.17 bits per heavy atom. The van der Waals surface area contributed by atoms with E-state index in [0.29, 0.717) is 25.6 Å². The number of carbonyl (C=O) groups is 1. The third-order valence-electron chi connectivity index (χ3n) is 4.17. The molecule has 1 aliphatic carbocycles. The number of hydrogen-bond acceptors (Lipinski definition) is 3. The van der Waals surface area contributed by atoms with E-state index in [1.807, 2.05) is 18.7 Å². The highest BCUT2D eigenvalue weighted by Gasteiger charge is 2.42. The molecule has 1 aliphatic heterocycles. The van der Waals surface area contributed by atoms with Crippen molar-refractivity contribution >= 4 is 5.91 Å². The van der Waals surface area contributed by atoms with Gasteiger partial charge in [0.05, 0.1) is 17.7 Å². The minimum atomic E-state index is -0.634. The summed E-state index contributed by atoms with van der Waals surface area (Å²) in [6.07, 6.45) is 3.91. The molecule has 1 amide bonds. The van der Waals surface area contributed by atoms with Crippen molar-refractivity contribution in [3.8, 4) is 0 Å². The second kappa shape index (κ2) is 4.82. The minimum absolute atomic E-state index is 0.130. The van der Waals surface area contributed by atoms with Gasteiger partial charge in [0.15, 0.2) is 0 Å². The van der Waals surface area contributed by atoms with Crippen LogP contribution in [0.3, 0.4) is 0 Å². The van der Waals surface area contributed by atoms with Crippen LogP contribution in [0.25, 0.3) is 0 Å². The van der Waals surface area contributed by atoms with E-state index in [-0.39, 0.29) is 11.5 Å². The predicted molar refractivity (Wildman–Crippen MR) is 71.2 cm³/mol. The second-order valence-corrected chi connectivity index (χ2v) is 6.69. The van der Waals surface area contributed by atoms with E-state index in [4.69, 9.17) is 10.5 Å². The van der Waals surface area contributed by atoms with Crippen LogP contribution >= 0.6 is 0 Å². The van der Waals surface area contributed by atoms with Crippen LogP contribution in [0.4, 0.5) is 0 Å². The maximum atomic E-state index is 12.7. The van der Waals surface area contributed by atoms with Gasteiger partial charge in [-0.3, -0.25) is 4.79 Å². The average Bonchev–Trinajstić information content (AvgIpc) is 2.26. The summed E-state index contributed by atoms with van der Waals surface area (Å²) in [4.78, 5) is 14.6. The van der Waals surface area contributed by atoms with E-state index in [1.165, 1.54) is 6.42 Å². The van der Waals surface area contributed by atoms with Crippen LogP contribution in [0.15, 0.2) is 0 Å². The van der Waals surface area contributed by atoms with Crippen molar-refractivity contribution in [1.29, 1.82) is 0 Å². The summed E-state index contributed by atoms with van der Waals surface area (Å²) < 4.78 is 5.65. The minimum Gasteiger partial charge on any atom is -0.372 e. The molecule has 0 aromatic rings. The third kappa shape index (κ3) is 2.86. The summed E-state index contributed by atoms with van der Waals surface area (Å²) in [6.45, 7) is 8.19. The van der Waals surface area contributed by atoms with Gasteiger partial charge in [-0.15, -0.1) is 0 Å². The van der Waals surface area contributed by atoms with Crippen molar-refractivity contribution in [1.82, 2.24) is 4.90 Å². The number of amides is 1. The van der Waals surface area contributed by atoms with E-state index >= 15 is 0 Å². The summed E-state index contributed by atoms with van der Waals surface area (Å²) in [5, 5.41) is 0. The van der Waals surface area contributed by atoms with Crippen molar-refractivity contribution in [2.75, 3.05) is 19.7 Å². The fourth-order valence-corrected chi connectivity index (χ4v) is 3.29. The van der Waals surface area contributed by atoms with Gasteiger partial charge in [-0.1, -0.05) is 19.8 Å². The van der Waals surface area contributed by atoms with Gasteiger partial charge in [0.2, 0.25) is 5.91 Å². The van der Waals surface area contributed by atoms with E-state index in [0.717, 1.165) is 19.3 Å². The number of carbonyl (C=O) groups excluding carboxylic acids is 1. The first-order chi connectivity index (χ1) is 8.32. The molecule has 2 aliphatic rings.